The molecule has 3 aromatic rings. The third kappa shape index (κ3) is 4.19. The summed E-state index contributed by atoms with van der Waals surface area (Å²) < 4.78 is 4.75. The minimum absolute atomic E-state index is 0.383. The maximum absolute atomic E-state index is 11.7. The van der Waals surface area contributed by atoms with Gasteiger partial charge in [-0.15, -0.1) is 0 Å². The second kappa shape index (κ2) is 7.98. The second-order valence-corrected chi connectivity index (χ2v) is 6.43. The largest absolute Gasteiger partial charge is 0.465 e. The van der Waals surface area contributed by atoms with E-state index in [1.54, 1.807) is 24.3 Å². The zero-order chi connectivity index (χ0) is 18.4. The van der Waals surface area contributed by atoms with Crippen LogP contribution in [0.3, 0.4) is 0 Å². The van der Waals surface area contributed by atoms with Gasteiger partial charge in [0.15, 0.2) is 0 Å². The molecular formula is C23H22O3. The van der Waals surface area contributed by atoms with Crippen molar-refractivity contribution in [2.45, 2.75) is 18.4 Å². The zero-order valence-electron chi connectivity index (χ0n) is 14.8. The van der Waals surface area contributed by atoms with Crippen LogP contribution in [0.15, 0.2) is 84.9 Å². The van der Waals surface area contributed by atoms with Gasteiger partial charge in [0.05, 0.1) is 18.3 Å². The molecule has 0 fully saturated rings. The van der Waals surface area contributed by atoms with E-state index in [0.29, 0.717) is 18.4 Å². The number of methoxy groups -OCH3 is 1. The number of benzene rings is 3. The van der Waals surface area contributed by atoms with Gasteiger partial charge in [-0.2, -0.15) is 0 Å². The van der Waals surface area contributed by atoms with Crippen LogP contribution in [-0.2, 0) is 23.2 Å². The zero-order valence-corrected chi connectivity index (χ0v) is 14.8. The van der Waals surface area contributed by atoms with Gasteiger partial charge >= 0.3 is 5.97 Å². The Labute approximate surface area is 153 Å². The minimum Gasteiger partial charge on any atom is -0.465 e. The summed E-state index contributed by atoms with van der Waals surface area (Å²) >= 11 is 0. The fourth-order valence-corrected chi connectivity index (χ4v) is 3.17. The van der Waals surface area contributed by atoms with E-state index in [4.69, 9.17) is 4.74 Å². The summed E-state index contributed by atoms with van der Waals surface area (Å²) in [6.45, 7) is 0. The molecule has 3 nitrogen and oxygen atoms in total. The van der Waals surface area contributed by atoms with Crippen molar-refractivity contribution in [3.05, 3.63) is 107 Å². The maximum Gasteiger partial charge on any atom is 0.337 e. The first-order valence-electron chi connectivity index (χ1n) is 8.60. The highest BCUT2D eigenvalue weighted by molar-refractivity contribution is 5.89. The Bertz CT molecular complexity index is 798. The summed E-state index contributed by atoms with van der Waals surface area (Å²) in [5, 5.41) is 11.6. The van der Waals surface area contributed by atoms with Crippen molar-refractivity contribution in [1.82, 2.24) is 0 Å². The number of carbonyl (C=O) groups is 1. The van der Waals surface area contributed by atoms with E-state index in [-0.39, 0.29) is 5.97 Å². The van der Waals surface area contributed by atoms with Crippen molar-refractivity contribution in [2.24, 2.45) is 0 Å². The molecule has 0 heterocycles. The Kier molecular flexibility index (Phi) is 5.49. The normalized spacial score (nSPS) is 11.2. The predicted octanol–water partition coefficient (Wildman–Crippen LogP) is 4.15. The predicted molar refractivity (Wildman–Crippen MR) is 102 cm³/mol. The van der Waals surface area contributed by atoms with Gasteiger partial charge in [-0.25, -0.2) is 4.79 Å². The van der Waals surface area contributed by atoms with E-state index in [9.17, 15) is 9.90 Å². The lowest BCUT2D eigenvalue weighted by Crippen LogP contribution is -2.31. The number of hydrogen-bond donors (Lipinski definition) is 1. The van der Waals surface area contributed by atoms with Gasteiger partial charge in [-0.1, -0.05) is 72.8 Å². The average molecular weight is 346 g/mol. The monoisotopic (exact) mass is 346 g/mol. The third-order valence-corrected chi connectivity index (χ3v) is 4.52. The molecule has 0 aliphatic carbocycles. The molecule has 132 valence electrons. The van der Waals surface area contributed by atoms with Crippen LogP contribution in [0.5, 0.6) is 0 Å². The number of carbonyl (C=O) groups excluding carboxylic acids is 1. The molecule has 0 spiro atoms. The molecule has 0 radical (unpaired) electrons. The van der Waals surface area contributed by atoms with Crippen molar-refractivity contribution in [3.63, 3.8) is 0 Å². The van der Waals surface area contributed by atoms with Crippen LogP contribution in [0.2, 0.25) is 0 Å². The van der Waals surface area contributed by atoms with Crippen molar-refractivity contribution in [2.75, 3.05) is 7.11 Å². The van der Waals surface area contributed by atoms with Crippen molar-refractivity contribution < 1.29 is 14.6 Å². The van der Waals surface area contributed by atoms with Gasteiger partial charge in [-0.3, -0.25) is 0 Å². The molecular weight excluding hydrogens is 324 g/mol. The molecule has 26 heavy (non-hydrogen) atoms. The molecule has 3 rings (SSSR count). The quantitative estimate of drug-likeness (QED) is 0.682. The van der Waals surface area contributed by atoms with Crippen LogP contribution < -0.4 is 0 Å². The minimum atomic E-state index is -1.07. The van der Waals surface area contributed by atoms with Crippen LogP contribution in [0.25, 0.3) is 0 Å². The van der Waals surface area contributed by atoms with Crippen molar-refractivity contribution >= 4 is 5.97 Å². The fraction of sp³-hybridized carbons (Fsp3) is 0.174. The SMILES string of the molecule is COC(=O)c1ccc(C(O)(Cc2ccccc2)Cc2ccccc2)cc1. The first kappa shape index (κ1) is 17.9. The van der Waals surface area contributed by atoms with E-state index in [1.807, 2.05) is 60.7 Å². The smallest absolute Gasteiger partial charge is 0.337 e. The first-order valence-corrected chi connectivity index (χ1v) is 8.60. The first-order chi connectivity index (χ1) is 12.6. The lowest BCUT2D eigenvalue weighted by atomic mass is 9.82. The lowest BCUT2D eigenvalue weighted by molar-refractivity contribution is 0.0369. The molecule has 0 amide bonds. The Morgan fingerprint density at radius 3 is 1.69 bits per heavy atom. The molecule has 0 aliphatic rings. The standard InChI is InChI=1S/C23H22O3/c1-26-22(24)20-12-14-21(15-13-20)23(25,16-18-8-4-2-5-9-18)17-19-10-6-3-7-11-19/h2-15,25H,16-17H2,1H3. The van der Waals surface area contributed by atoms with E-state index in [0.717, 1.165) is 16.7 Å². The molecule has 0 atom stereocenters. The van der Waals surface area contributed by atoms with Crippen LogP contribution in [0, 0.1) is 0 Å². The number of hydrogen-bond acceptors (Lipinski definition) is 3. The van der Waals surface area contributed by atoms with E-state index >= 15 is 0 Å². The van der Waals surface area contributed by atoms with Crippen LogP contribution >= 0.6 is 0 Å². The average Bonchev–Trinajstić information content (AvgIpc) is 2.69. The third-order valence-electron chi connectivity index (χ3n) is 4.52. The topological polar surface area (TPSA) is 46.5 Å². The summed E-state index contributed by atoms with van der Waals surface area (Å²) in [7, 11) is 1.36. The summed E-state index contributed by atoms with van der Waals surface area (Å²) in [5.41, 5.74) is 2.29. The number of aliphatic hydroxyl groups is 1. The molecule has 0 aromatic heterocycles. The van der Waals surface area contributed by atoms with Crippen LogP contribution in [0.4, 0.5) is 0 Å². The van der Waals surface area contributed by atoms with Gasteiger partial charge in [0.25, 0.3) is 0 Å². The number of rotatable bonds is 6. The molecule has 1 N–H and O–H groups in total. The summed E-state index contributed by atoms with van der Waals surface area (Å²) in [4.78, 5) is 11.7. The van der Waals surface area contributed by atoms with Crippen LogP contribution in [0.1, 0.15) is 27.0 Å². The fourth-order valence-electron chi connectivity index (χ4n) is 3.17. The van der Waals surface area contributed by atoms with Gasteiger partial charge in [0.2, 0.25) is 0 Å². The molecule has 0 unspecified atom stereocenters. The van der Waals surface area contributed by atoms with Gasteiger partial charge < -0.3 is 9.84 Å². The van der Waals surface area contributed by atoms with Gasteiger partial charge in [0.1, 0.15) is 0 Å². The lowest BCUT2D eigenvalue weighted by Gasteiger charge is -2.29. The van der Waals surface area contributed by atoms with Gasteiger partial charge in [0, 0.05) is 12.8 Å². The molecule has 3 aromatic carbocycles. The highest BCUT2D eigenvalue weighted by atomic mass is 16.5. The Morgan fingerprint density at radius 1 is 0.808 bits per heavy atom. The van der Waals surface area contributed by atoms with E-state index in [1.165, 1.54) is 7.11 Å². The van der Waals surface area contributed by atoms with Crippen molar-refractivity contribution in [1.29, 1.82) is 0 Å². The summed E-state index contributed by atoms with van der Waals surface area (Å²) in [6, 6.07) is 26.9. The Balaban J connectivity index is 1.95. The highest BCUT2D eigenvalue weighted by Gasteiger charge is 2.30. The van der Waals surface area contributed by atoms with Gasteiger partial charge in [-0.05, 0) is 28.8 Å². The second-order valence-electron chi connectivity index (χ2n) is 6.43. The highest BCUT2D eigenvalue weighted by Crippen LogP contribution is 2.30. The molecule has 0 saturated carbocycles. The summed E-state index contributed by atoms with van der Waals surface area (Å²) in [5.74, 6) is -0.383. The Morgan fingerprint density at radius 2 is 1.27 bits per heavy atom. The number of esters is 1. The van der Waals surface area contributed by atoms with Crippen LogP contribution in [-0.4, -0.2) is 18.2 Å². The maximum atomic E-state index is 11.7. The number of ether oxygens (including phenoxy) is 1. The Hall–Kier alpha value is -2.91. The molecule has 3 heteroatoms. The van der Waals surface area contributed by atoms with E-state index in [2.05, 4.69) is 0 Å². The summed E-state index contributed by atoms with van der Waals surface area (Å²) in [6.07, 6.45) is 0.973. The molecule has 0 aliphatic heterocycles. The van der Waals surface area contributed by atoms with E-state index < -0.39 is 5.60 Å². The molecule has 0 saturated heterocycles. The molecule has 0 bridgehead atoms. The van der Waals surface area contributed by atoms with Crippen molar-refractivity contribution in [3.8, 4) is 0 Å².